The zero-order valence-electron chi connectivity index (χ0n) is 7.48. The van der Waals surface area contributed by atoms with Gasteiger partial charge in [-0.2, -0.15) is 0 Å². The highest BCUT2D eigenvalue weighted by atomic mass is 35.5. The quantitative estimate of drug-likeness (QED) is 0.544. The molecule has 1 unspecified atom stereocenters. The van der Waals surface area contributed by atoms with Gasteiger partial charge in [0.05, 0.1) is 10.9 Å². The summed E-state index contributed by atoms with van der Waals surface area (Å²) in [4.78, 5) is 0. The Morgan fingerprint density at radius 3 is 2.86 bits per heavy atom. The van der Waals surface area contributed by atoms with Gasteiger partial charge in [-0.1, -0.05) is 17.7 Å². The third kappa shape index (κ3) is 1.38. The van der Waals surface area contributed by atoms with Gasteiger partial charge in [0.25, 0.3) is 0 Å². The Morgan fingerprint density at radius 1 is 1.50 bits per heavy atom. The molecule has 1 aromatic carbocycles. The average Bonchev–Trinajstić information content (AvgIpc) is 2.56. The Balaban J connectivity index is 2.40. The molecule has 1 atom stereocenters. The van der Waals surface area contributed by atoms with Crippen molar-refractivity contribution in [3.8, 4) is 0 Å². The maximum atomic E-state index is 13.1. The predicted octanol–water partition coefficient (Wildman–Crippen LogP) is 2.13. The van der Waals surface area contributed by atoms with Gasteiger partial charge in [0, 0.05) is 5.92 Å². The highest BCUT2D eigenvalue weighted by molar-refractivity contribution is 6.31. The SMILES string of the molecule is N=C(N)C1Cc2ccc(F)c(Cl)c2C1. The van der Waals surface area contributed by atoms with E-state index >= 15 is 0 Å². The smallest absolute Gasteiger partial charge is 0.142 e. The second-order valence-corrected chi connectivity index (χ2v) is 3.94. The van der Waals surface area contributed by atoms with E-state index in [0.717, 1.165) is 11.1 Å². The van der Waals surface area contributed by atoms with Crippen LogP contribution in [0.5, 0.6) is 0 Å². The Bertz CT molecular complexity index is 403. The van der Waals surface area contributed by atoms with Gasteiger partial charge >= 0.3 is 0 Å². The first-order chi connectivity index (χ1) is 6.59. The van der Waals surface area contributed by atoms with Crippen molar-refractivity contribution in [3.05, 3.63) is 34.1 Å². The molecule has 0 saturated carbocycles. The van der Waals surface area contributed by atoms with Crippen molar-refractivity contribution in [2.45, 2.75) is 12.8 Å². The first kappa shape index (κ1) is 9.46. The Morgan fingerprint density at radius 2 is 2.21 bits per heavy atom. The summed E-state index contributed by atoms with van der Waals surface area (Å²) in [6.07, 6.45) is 1.28. The summed E-state index contributed by atoms with van der Waals surface area (Å²) in [6.45, 7) is 0. The Hall–Kier alpha value is -1.09. The van der Waals surface area contributed by atoms with Crippen LogP contribution in [0.2, 0.25) is 5.02 Å². The first-order valence-corrected chi connectivity index (χ1v) is 4.77. The van der Waals surface area contributed by atoms with E-state index < -0.39 is 5.82 Å². The van der Waals surface area contributed by atoms with Gasteiger partial charge in [0.2, 0.25) is 0 Å². The molecule has 1 aliphatic rings. The van der Waals surface area contributed by atoms with Crippen LogP contribution in [0.15, 0.2) is 12.1 Å². The fourth-order valence-electron chi connectivity index (χ4n) is 1.85. The molecule has 0 spiro atoms. The lowest BCUT2D eigenvalue weighted by atomic mass is 10.1. The van der Waals surface area contributed by atoms with Crippen LogP contribution in [-0.2, 0) is 12.8 Å². The molecule has 14 heavy (non-hydrogen) atoms. The average molecular weight is 213 g/mol. The minimum atomic E-state index is -0.394. The molecule has 0 fully saturated rings. The van der Waals surface area contributed by atoms with Crippen LogP contribution in [0, 0.1) is 17.1 Å². The fourth-order valence-corrected chi connectivity index (χ4v) is 2.11. The Labute approximate surface area is 86.4 Å². The van der Waals surface area contributed by atoms with E-state index in [1.165, 1.54) is 6.07 Å². The minimum Gasteiger partial charge on any atom is -0.387 e. The number of fused-ring (bicyclic) bond motifs is 1. The highest BCUT2D eigenvalue weighted by Crippen LogP contribution is 2.33. The predicted molar refractivity (Wildman–Crippen MR) is 54.2 cm³/mol. The van der Waals surface area contributed by atoms with Crippen molar-refractivity contribution in [2.24, 2.45) is 11.7 Å². The lowest BCUT2D eigenvalue weighted by Crippen LogP contribution is -2.22. The number of halogens is 2. The Kier molecular flexibility index (Phi) is 2.19. The number of amidine groups is 1. The van der Waals surface area contributed by atoms with E-state index in [0.29, 0.717) is 12.8 Å². The maximum Gasteiger partial charge on any atom is 0.142 e. The number of nitrogens with one attached hydrogen (secondary N) is 1. The summed E-state index contributed by atoms with van der Waals surface area (Å²) in [6, 6.07) is 3.09. The van der Waals surface area contributed by atoms with Crippen LogP contribution < -0.4 is 5.73 Å². The molecule has 3 N–H and O–H groups in total. The summed E-state index contributed by atoms with van der Waals surface area (Å²) in [5.74, 6) is -0.253. The second kappa shape index (κ2) is 3.24. The summed E-state index contributed by atoms with van der Waals surface area (Å²) in [5.41, 5.74) is 7.23. The highest BCUT2D eigenvalue weighted by Gasteiger charge is 2.26. The topological polar surface area (TPSA) is 49.9 Å². The van der Waals surface area contributed by atoms with Gasteiger partial charge < -0.3 is 5.73 Å². The molecule has 0 aromatic heterocycles. The van der Waals surface area contributed by atoms with Crippen LogP contribution in [0.1, 0.15) is 11.1 Å². The van der Waals surface area contributed by atoms with E-state index in [1.54, 1.807) is 6.07 Å². The maximum absolute atomic E-state index is 13.1. The molecule has 2 rings (SSSR count). The standard InChI is InChI=1S/C10H10ClFN2/c11-9-7-4-6(10(13)14)3-5(7)1-2-8(9)12/h1-2,6H,3-4H2,(H3,13,14). The molecule has 1 aromatic rings. The molecular formula is C10H10ClFN2. The summed E-state index contributed by atoms with van der Waals surface area (Å²) in [5, 5.41) is 7.52. The van der Waals surface area contributed by atoms with Gasteiger partial charge in [0.1, 0.15) is 5.82 Å². The van der Waals surface area contributed by atoms with Crippen LogP contribution in [0.4, 0.5) is 4.39 Å². The molecule has 0 bridgehead atoms. The summed E-state index contributed by atoms with van der Waals surface area (Å²) >= 11 is 5.82. The van der Waals surface area contributed by atoms with E-state index in [2.05, 4.69) is 0 Å². The molecule has 1 aliphatic carbocycles. The summed E-state index contributed by atoms with van der Waals surface area (Å²) in [7, 11) is 0. The molecule has 4 heteroatoms. The van der Waals surface area contributed by atoms with Crippen molar-refractivity contribution in [3.63, 3.8) is 0 Å². The zero-order chi connectivity index (χ0) is 10.3. The third-order valence-corrected chi connectivity index (χ3v) is 3.06. The lowest BCUT2D eigenvalue weighted by Gasteiger charge is -2.04. The number of benzene rings is 1. The van der Waals surface area contributed by atoms with Crippen molar-refractivity contribution in [1.82, 2.24) is 0 Å². The fraction of sp³-hybridized carbons (Fsp3) is 0.300. The van der Waals surface area contributed by atoms with E-state index in [-0.39, 0.29) is 16.8 Å². The van der Waals surface area contributed by atoms with Crippen LogP contribution in [-0.4, -0.2) is 5.84 Å². The lowest BCUT2D eigenvalue weighted by molar-refractivity contribution is 0.626. The largest absolute Gasteiger partial charge is 0.387 e. The van der Waals surface area contributed by atoms with Crippen LogP contribution in [0.25, 0.3) is 0 Å². The van der Waals surface area contributed by atoms with Crippen LogP contribution in [0.3, 0.4) is 0 Å². The van der Waals surface area contributed by atoms with Crippen LogP contribution >= 0.6 is 11.6 Å². The van der Waals surface area contributed by atoms with Crippen molar-refractivity contribution >= 4 is 17.4 Å². The normalized spacial score (nSPS) is 19.4. The van der Waals surface area contributed by atoms with E-state index in [1.807, 2.05) is 0 Å². The monoisotopic (exact) mass is 212 g/mol. The van der Waals surface area contributed by atoms with Gasteiger partial charge in [-0.3, -0.25) is 5.41 Å². The van der Waals surface area contributed by atoms with Crippen molar-refractivity contribution in [1.29, 1.82) is 5.41 Å². The molecule has 0 aliphatic heterocycles. The van der Waals surface area contributed by atoms with Gasteiger partial charge in [-0.05, 0) is 30.0 Å². The van der Waals surface area contributed by atoms with E-state index in [9.17, 15) is 4.39 Å². The second-order valence-electron chi connectivity index (χ2n) is 3.56. The zero-order valence-corrected chi connectivity index (χ0v) is 8.24. The molecule has 0 heterocycles. The summed E-state index contributed by atoms with van der Waals surface area (Å²) < 4.78 is 13.1. The molecule has 2 nitrogen and oxygen atoms in total. The molecule has 0 amide bonds. The van der Waals surface area contributed by atoms with Crippen molar-refractivity contribution < 1.29 is 4.39 Å². The van der Waals surface area contributed by atoms with Gasteiger partial charge in [0.15, 0.2) is 0 Å². The first-order valence-electron chi connectivity index (χ1n) is 4.39. The van der Waals surface area contributed by atoms with Gasteiger partial charge in [-0.15, -0.1) is 0 Å². The molecule has 74 valence electrons. The van der Waals surface area contributed by atoms with E-state index in [4.69, 9.17) is 22.7 Å². The van der Waals surface area contributed by atoms with Gasteiger partial charge in [-0.25, -0.2) is 4.39 Å². The third-order valence-electron chi connectivity index (χ3n) is 2.65. The molecule has 0 saturated heterocycles. The number of hydrogen-bond donors (Lipinski definition) is 2. The van der Waals surface area contributed by atoms with Crippen molar-refractivity contribution in [2.75, 3.05) is 0 Å². The number of hydrogen-bond acceptors (Lipinski definition) is 1. The molecular weight excluding hydrogens is 203 g/mol. The number of rotatable bonds is 1. The molecule has 0 radical (unpaired) electrons. The minimum absolute atomic E-state index is 0.00991. The number of nitrogens with two attached hydrogens (primary N) is 1.